The van der Waals surface area contributed by atoms with Crippen molar-refractivity contribution in [1.82, 2.24) is 15.0 Å². The van der Waals surface area contributed by atoms with Crippen LogP contribution in [0.2, 0.25) is 0 Å². The van der Waals surface area contributed by atoms with E-state index < -0.39 is 0 Å². The third kappa shape index (κ3) is 4.16. The van der Waals surface area contributed by atoms with Gasteiger partial charge in [0.15, 0.2) is 0 Å². The summed E-state index contributed by atoms with van der Waals surface area (Å²) in [4.78, 5) is 4.42. The zero-order chi connectivity index (χ0) is 13.5. The number of benzene rings is 1. The van der Waals surface area contributed by atoms with Gasteiger partial charge in [0.25, 0.3) is 0 Å². The van der Waals surface area contributed by atoms with Crippen molar-refractivity contribution in [3.8, 4) is 0 Å². The molecule has 4 heteroatoms. The van der Waals surface area contributed by atoms with Gasteiger partial charge in [-0.25, -0.2) is 4.68 Å². The fourth-order valence-electron chi connectivity index (χ4n) is 2.04. The van der Waals surface area contributed by atoms with E-state index in [0.29, 0.717) is 0 Å². The molecule has 0 amide bonds. The molecule has 0 saturated heterocycles. The molecule has 0 aliphatic rings. The van der Waals surface area contributed by atoms with Crippen molar-refractivity contribution in [2.75, 3.05) is 6.54 Å². The van der Waals surface area contributed by atoms with E-state index in [1.807, 2.05) is 24.3 Å². The summed E-state index contributed by atoms with van der Waals surface area (Å²) >= 11 is 0. The zero-order valence-electron chi connectivity index (χ0n) is 11.8. The van der Waals surface area contributed by atoms with E-state index in [2.05, 4.69) is 29.2 Å². The standard InChI is InChI=1S/C15H22N4/c1-13(2)8-4-3-7-11-16-12-19-15-10-6-5-9-14(15)17-18-19/h5-6,9-10,12-13H,3-4,7-8,11H2,1-2H3. The summed E-state index contributed by atoms with van der Waals surface area (Å²) in [7, 11) is 0. The van der Waals surface area contributed by atoms with Gasteiger partial charge in [0.2, 0.25) is 0 Å². The molecule has 4 nitrogen and oxygen atoms in total. The Morgan fingerprint density at radius 1 is 1.21 bits per heavy atom. The van der Waals surface area contributed by atoms with Gasteiger partial charge in [-0.3, -0.25) is 4.99 Å². The summed E-state index contributed by atoms with van der Waals surface area (Å²) in [5, 5.41) is 8.16. The van der Waals surface area contributed by atoms with Crippen LogP contribution in [0.3, 0.4) is 0 Å². The van der Waals surface area contributed by atoms with Gasteiger partial charge in [-0.15, -0.1) is 5.10 Å². The second-order valence-electron chi connectivity index (χ2n) is 5.29. The maximum absolute atomic E-state index is 4.42. The van der Waals surface area contributed by atoms with Gasteiger partial charge in [0, 0.05) is 6.54 Å². The maximum atomic E-state index is 4.42. The van der Waals surface area contributed by atoms with Gasteiger partial charge in [0.1, 0.15) is 11.9 Å². The molecule has 0 spiro atoms. The minimum Gasteiger partial charge on any atom is -0.273 e. The molecule has 1 heterocycles. The molecule has 2 aromatic rings. The van der Waals surface area contributed by atoms with E-state index in [0.717, 1.165) is 29.9 Å². The van der Waals surface area contributed by atoms with Crippen molar-refractivity contribution >= 4 is 17.4 Å². The largest absolute Gasteiger partial charge is 0.273 e. The van der Waals surface area contributed by atoms with Crippen molar-refractivity contribution in [3.05, 3.63) is 24.3 Å². The lowest BCUT2D eigenvalue weighted by molar-refractivity contribution is 0.529. The summed E-state index contributed by atoms with van der Waals surface area (Å²) in [5.74, 6) is 0.810. The number of aliphatic imine (C=N–C) groups is 1. The van der Waals surface area contributed by atoms with Crippen molar-refractivity contribution in [2.24, 2.45) is 10.9 Å². The van der Waals surface area contributed by atoms with Gasteiger partial charge in [-0.05, 0) is 24.5 Å². The molecular formula is C15H22N4. The minimum atomic E-state index is 0.810. The highest BCUT2D eigenvalue weighted by Crippen LogP contribution is 2.09. The molecule has 1 aromatic heterocycles. The second kappa shape index (κ2) is 7.02. The summed E-state index contributed by atoms with van der Waals surface area (Å²) in [6.45, 7) is 5.41. The molecule has 0 saturated carbocycles. The minimum absolute atomic E-state index is 0.810. The molecule has 0 aliphatic carbocycles. The topological polar surface area (TPSA) is 43.1 Å². The van der Waals surface area contributed by atoms with Gasteiger partial charge in [-0.1, -0.05) is 50.5 Å². The van der Waals surface area contributed by atoms with Gasteiger partial charge in [-0.2, -0.15) is 0 Å². The second-order valence-corrected chi connectivity index (χ2v) is 5.29. The smallest absolute Gasteiger partial charge is 0.113 e. The fourth-order valence-corrected chi connectivity index (χ4v) is 2.04. The molecule has 1 aromatic carbocycles. The highest BCUT2D eigenvalue weighted by Gasteiger charge is 1.99. The van der Waals surface area contributed by atoms with Crippen LogP contribution in [-0.2, 0) is 0 Å². The van der Waals surface area contributed by atoms with Crippen LogP contribution in [0.5, 0.6) is 0 Å². The van der Waals surface area contributed by atoms with Gasteiger partial charge in [0.05, 0.1) is 5.52 Å². The lowest BCUT2D eigenvalue weighted by atomic mass is 10.1. The first-order chi connectivity index (χ1) is 9.27. The van der Waals surface area contributed by atoms with Crippen LogP contribution >= 0.6 is 0 Å². The molecule has 102 valence electrons. The highest BCUT2D eigenvalue weighted by molar-refractivity contribution is 5.80. The van der Waals surface area contributed by atoms with E-state index in [1.54, 1.807) is 11.0 Å². The number of aromatic nitrogens is 3. The molecule has 2 rings (SSSR count). The lowest BCUT2D eigenvalue weighted by Crippen LogP contribution is -1.98. The van der Waals surface area contributed by atoms with Crippen molar-refractivity contribution < 1.29 is 0 Å². The number of para-hydroxylation sites is 1. The van der Waals surface area contributed by atoms with Crippen molar-refractivity contribution in [1.29, 1.82) is 0 Å². The third-order valence-electron chi connectivity index (χ3n) is 3.14. The Morgan fingerprint density at radius 2 is 2.05 bits per heavy atom. The molecular weight excluding hydrogens is 236 g/mol. The Hall–Kier alpha value is -1.71. The van der Waals surface area contributed by atoms with E-state index in [4.69, 9.17) is 0 Å². The number of hydrogen-bond acceptors (Lipinski definition) is 3. The fraction of sp³-hybridized carbons (Fsp3) is 0.533. The Morgan fingerprint density at radius 3 is 2.89 bits per heavy atom. The predicted octanol–water partition coefficient (Wildman–Crippen LogP) is 3.52. The third-order valence-corrected chi connectivity index (χ3v) is 3.14. The van der Waals surface area contributed by atoms with Crippen molar-refractivity contribution in [2.45, 2.75) is 39.5 Å². The molecule has 0 N–H and O–H groups in total. The molecule has 19 heavy (non-hydrogen) atoms. The average molecular weight is 258 g/mol. The number of rotatable bonds is 7. The number of hydrogen-bond donors (Lipinski definition) is 0. The Balaban J connectivity index is 1.76. The SMILES string of the molecule is CC(C)CCCCCN=Cn1nnc2ccccc21. The van der Waals surface area contributed by atoms with Gasteiger partial charge >= 0.3 is 0 Å². The van der Waals surface area contributed by atoms with E-state index in [1.165, 1.54) is 19.3 Å². The highest BCUT2D eigenvalue weighted by atomic mass is 15.4. The number of fused-ring (bicyclic) bond motifs is 1. The predicted molar refractivity (Wildman–Crippen MR) is 79.6 cm³/mol. The average Bonchev–Trinajstić information content (AvgIpc) is 2.81. The number of unbranched alkanes of at least 4 members (excludes halogenated alkanes) is 2. The molecule has 0 atom stereocenters. The van der Waals surface area contributed by atoms with E-state index in [9.17, 15) is 0 Å². The monoisotopic (exact) mass is 258 g/mol. The Kier molecular flexibility index (Phi) is 5.07. The maximum Gasteiger partial charge on any atom is 0.113 e. The first-order valence-electron chi connectivity index (χ1n) is 7.07. The van der Waals surface area contributed by atoms with Crippen LogP contribution in [0.4, 0.5) is 0 Å². The van der Waals surface area contributed by atoms with Crippen LogP contribution in [0.15, 0.2) is 29.3 Å². The summed E-state index contributed by atoms with van der Waals surface area (Å²) in [5.41, 5.74) is 1.91. The lowest BCUT2D eigenvalue weighted by Gasteiger charge is -2.02. The van der Waals surface area contributed by atoms with E-state index in [-0.39, 0.29) is 0 Å². The van der Waals surface area contributed by atoms with Crippen LogP contribution in [0.1, 0.15) is 39.5 Å². The Labute approximate surface area is 114 Å². The number of nitrogens with zero attached hydrogens (tertiary/aromatic N) is 4. The van der Waals surface area contributed by atoms with Crippen LogP contribution < -0.4 is 0 Å². The Bertz CT molecular complexity index is 528. The van der Waals surface area contributed by atoms with Gasteiger partial charge < -0.3 is 0 Å². The van der Waals surface area contributed by atoms with Crippen LogP contribution in [-0.4, -0.2) is 27.9 Å². The molecule has 0 unspecified atom stereocenters. The summed E-state index contributed by atoms with van der Waals surface area (Å²) in [6, 6.07) is 7.91. The first-order valence-corrected chi connectivity index (χ1v) is 7.07. The molecule has 0 aliphatic heterocycles. The zero-order valence-corrected chi connectivity index (χ0v) is 11.8. The van der Waals surface area contributed by atoms with Crippen LogP contribution in [0.25, 0.3) is 11.0 Å². The molecule has 0 bridgehead atoms. The van der Waals surface area contributed by atoms with Crippen molar-refractivity contribution in [3.63, 3.8) is 0 Å². The summed E-state index contributed by atoms with van der Waals surface area (Å²) in [6.07, 6.45) is 6.80. The first kappa shape index (κ1) is 13.7. The van der Waals surface area contributed by atoms with E-state index >= 15 is 0 Å². The summed E-state index contributed by atoms with van der Waals surface area (Å²) < 4.78 is 1.74. The quantitative estimate of drug-likeness (QED) is 0.433. The normalized spacial score (nSPS) is 11.9. The van der Waals surface area contributed by atoms with Crippen LogP contribution in [0, 0.1) is 5.92 Å². The molecule has 0 radical (unpaired) electrons. The molecule has 0 fully saturated rings.